The standard InChI is InChI=1S/C22H26FNO5/c1-14(25)22(2)13-24(21(26)28-4)12-18(22)15-5-10-19(27-3)20(11-15)29-17-8-6-16(23)7-9-17/h5-11,14,18,25H,12-13H2,1-4H3. The van der Waals surface area contributed by atoms with Crippen LogP contribution in [-0.2, 0) is 4.74 Å². The van der Waals surface area contributed by atoms with Gasteiger partial charge >= 0.3 is 6.09 Å². The maximum absolute atomic E-state index is 13.2. The fourth-order valence-electron chi connectivity index (χ4n) is 3.81. The van der Waals surface area contributed by atoms with Crippen molar-refractivity contribution in [3.05, 3.63) is 53.8 Å². The third-order valence-corrected chi connectivity index (χ3v) is 5.75. The average molecular weight is 403 g/mol. The first-order valence-electron chi connectivity index (χ1n) is 9.40. The Morgan fingerprint density at radius 2 is 1.90 bits per heavy atom. The van der Waals surface area contributed by atoms with E-state index < -0.39 is 17.6 Å². The third-order valence-electron chi connectivity index (χ3n) is 5.75. The number of methoxy groups -OCH3 is 2. The minimum absolute atomic E-state index is 0.136. The fourth-order valence-corrected chi connectivity index (χ4v) is 3.81. The Morgan fingerprint density at radius 3 is 2.48 bits per heavy atom. The number of likely N-dealkylation sites (tertiary alicyclic amines) is 1. The molecule has 0 spiro atoms. The van der Waals surface area contributed by atoms with E-state index in [4.69, 9.17) is 14.2 Å². The van der Waals surface area contributed by atoms with Crippen LogP contribution in [-0.4, -0.2) is 49.5 Å². The average Bonchev–Trinajstić information content (AvgIpc) is 3.08. The van der Waals surface area contributed by atoms with Crippen LogP contribution in [0, 0.1) is 11.2 Å². The van der Waals surface area contributed by atoms with Crippen LogP contribution >= 0.6 is 0 Å². The largest absolute Gasteiger partial charge is 0.493 e. The Balaban J connectivity index is 1.96. The second-order valence-electron chi connectivity index (χ2n) is 7.55. The molecule has 1 amide bonds. The Kier molecular flexibility index (Phi) is 5.98. The van der Waals surface area contributed by atoms with Gasteiger partial charge < -0.3 is 24.2 Å². The Morgan fingerprint density at radius 1 is 1.21 bits per heavy atom. The van der Waals surface area contributed by atoms with Crippen molar-refractivity contribution in [2.75, 3.05) is 27.3 Å². The van der Waals surface area contributed by atoms with E-state index in [1.54, 1.807) is 25.0 Å². The van der Waals surface area contributed by atoms with Crippen molar-refractivity contribution in [2.45, 2.75) is 25.9 Å². The smallest absolute Gasteiger partial charge is 0.409 e. The van der Waals surface area contributed by atoms with E-state index in [-0.39, 0.29) is 11.7 Å². The van der Waals surface area contributed by atoms with Crippen molar-refractivity contribution < 1.29 is 28.5 Å². The first-order valence-corrected chi connectivity index (χ1v) is 9.40. The summed E-state index contributed by atoms with van der Waals surface area (Å²) >= 11 is 0. The van der Waals surface area contributed by atoms with Crippen LogP contribution < -0.4 is 9.47 Å². The highest BCUT2D eigenvalue weighted by molar-refractivity contribution is 5.68. The van der Waals surface area contributed by atoms with Gasteiger partial charge in [0, 0.05) is 24.4 Å². The van der Waals surface area contributed by atoms with Gasteiger partial charge in [0.25, 0.3) is 0 Å². The summed E-state index contributed by atoms with van der Waals surface area (Å²) in [5.74, 6) is 0.992. The van der Waals surface area contributed by atoms with E-state index in [1.165, 1.54) is 31.4 Å². The molecule has 29 heavy (non-hydrogen) atoms. The number of rotatable bonds is 5. The van der Waals surface area contributed by atoms with Gasteiger partial charge in [-0.2, -0.15) is 0 Å². The molecule has 0 aliphatic carbocycles. The minimum atomic E-state index is -0.647. The number of nitrogens with zero attached hydrogens (tertiary/aromatic N) is 1. The third kappa shape index (κ3) is 4.15. The van der Waals surface area contributed by atoms with Gasteiger partial charge in [0.2, 0.25) is 0 Å². The van der Waals surface area contributed by atoms with Crippen LogP contribution in [0.5, 0.6) is 17.2 Å². The van der Waals surface area contributed by atoms with Crippen LogP contribution in [0.25, 0.3) is 0 Å². The maximum Gasteiger partial charge on any atom is 0.409 e. The number of aliphatic hydroxyl groups excluding tert-OH is 1. The zero-order valence-corrected chi connectivity index (χ0v) is 17.0. The van der Waals surface area contributed by atoms with Gasteiger partial charge in [-0.1, -0.05) is 13.0 Å². The summed E-state index contributed by atoms with van der Waals surface area (Å²) in [6.07, 6.45) is -1.07. The van der Waals surface area contributed by atoms with E-state index in [0.717, 1.165) is 5.56 Å². The lowest BCUT2D eigenvalue weighted by Crippen LogP contribution is -2.38. The molecule has 0 aromatic heterocycles. The molecule has 0 radical (unpaired) electrons. The van der Waals surface area contributed by atoms with Crippen LogP contribution in [0.2, 0.25) is 0 Å². The first-order chi connectivity index (χ1) is 13.8. The van der Waals surface area contributed by atoms with Crippen molar-refractivity contribution >= 4 is 6.09 Å². The highest BCUT2D eigenvalue weighted by atomic mass is 19.1. The van der Waals surface area contributed by atoms with Gasteiger partial charge in [-0.15, -0.1) is 0 Å². The summed E-state index contributed by atoms with van der Waals surface area (Å²) in [6, 6.07) is 11.3. The molecule has 1 saturated heterocycles. The van der Waals surface area contributed by atoms with Crippen LogP contribution in [0.3, 0.4) is 0 Å². The molecule has 7 heteroatoms. The molecule has 3 rings (SSSR count). The van der Waals surface area contributed by atoms with E-state index >= 15 is 0 Å². The molecule has 1 aliphatic heterocycles. The Hall–Kier alpha value is -2.80. The van der Waals surface area contributed by atoms with Crippen LogP contribution in [0.4, 0.5) is 9.18 Å². The topological polar surface area (TPSA) is 68.2 Å². The van der Waals surface area contributed by atoms with Crippen molar-refractivity contribution in [3.63, 3.8) is 0 Å². The second-order valence-corrected chi connectivity index (χ2v) is 7.55. The predicted octanol–water partition coefficient (Wildman–Crippen LogP) is 4.18. The summed E-state index contributed by atoms with van der Waals surface area (Å²) in [6.45, 7) is 4.47. The van der Waals surface area contributed by atoms with Gasteiger partial charge in [0.15, 0.2) is 11.5 Å². The Bertz CT molecular complexity index is 870. The highest BCUT2D eigenvalue weighted by Crippen LogP contribution is 2.47. The zero-order chi connectivity index (χ0) is 21.2. The summed E-state index contributed by atoms with van der Waals surface area (Å²) in [5, 5.41) is 10.5. The molecule has 0 saturated carbocycles. The molecule has 2 aromatic rings. The number of ether oxygens (including phenoxy) is 3. The monoisotopic (exact) mass is 403 g/mol. The van der Waals surface area contributed by atoms with Crippen molar-refractivity contribution in [3.8, 4) is 17.2 Å². The zero-order valence-electron chi connectivity index (χ0n) is 17.0. The summed E-state index contributed by atoms with van der Waals surface area (Å²) in [7, 11) is 2.89. The normalized spacial score (nSPS) is 22.3. The highest BCUT2D eigenvalue weighted by Gasteiger charge is 2.48. The molecular weight excluding hydrogens is 377 g/mol. The van der Waals surface area contributed by atoms with Gasteiger partial charge in [-0.3, -0.25) is 0 Å². The number of amides is 1. The lowest BCUT2D eigenvalue weighted by atomic mass is 9.72. The number of hydrogen-bond donors (Lipinski definition) is 1. The van der Waals surface area contributed by atoms with Crippen LogP contribution in [0.15, 0.2) is 42.5 Å². The first kappa shape index (κ1) is 20.9. The summed E-state index contributed by atoms with van der Waals surface area (Å²) < 4.78 is 29.4. The van der Waals surface area contributed by atoms with Crippen LogP contribution in [0.1, 0.15) is 25.3 Å². The summed E-state index contributed by atoms with van der Waals surface area (Å²) in [4.78, 5) is 13.7. The molecule has 3 unspecified atom stereocenters. The van der Waals surface area contributed by atoms with E-state index in [2.05, 4.69) is 0 Å². The summed E-state index contributed by atoms with van der Waals surface area (Å²) in [5.41, 5.74) is 0.341. The molecule has 1 heterocycles. The molecule has 0 bridgehead atoms. The molecule has 3 atom stereocenters. The SMILES string of the molecule is COC(=O)N1CC(c2ccc(OC)c(Oc3ccc(F)cc3)c2)C(C)(C(C)O)C1. The lowest BCUT2D eigenvalue weighted by Gasteiger charge is -2.33. The number of carbonyl (C=O) groups excluding carboxylic acids is 1. The number of aliphatic hydroxyl groups is 1. The van der Waals surface area contributed by atoms with Crippen molar-refractivity contribution in [2.24, 2.45) is 5.41 Å². The number of benzene rings is 2. The molecule has 1 aliphatic rings. The van der Waals surface area contributed by atoms with Gasteiger partial charge in [-0.25, -0.2) is 9.18 Å². The molecule has 156 valence electrons. The quantitative estimate of drug-likeness (QED) is 0.811. The van der Waals surface area contributed by atoms with E-state index in [1.807, 2.05) is 19.1 Å². The predicted molar refractivity (Wildman–Crippen MR) is 106 cm³/mol. The molecule has 1 N–H and O–H groups in total. The minimum Gasteiger partial charge on any atom is -0.493 e. The Labute approximate surface area is 169 Å². The van der Waals surface area contributed by atoms with Crippen molar-refractivity contribution in [1.82, 2.24) is 4.90 Å². The van der Waals surface area contributed by atoms with E-state index in [0.29, 0.717) is 30.3 Å². The number of carbonyl (C=O) groups is 1. The van der Waals surface area contributed by atoms with E-state index in [9.17, 15) is 14.3 Å². The van der Waals surface area contributed by atoms with Gasteiger partial charge in [0.1, 0.15) is 11.6 Å². The van der Waals surface area contributed by atoms with Gasteiger partial charge in [-0.05, 0) is 48.9 Å². The fraction of sp³-hybridized carbons (Fsp3) is 0.409. The van der Waals surface area contributed by atoms with Crippen molar-refractivity contribution in [1.29, 1.82) is 0 Å². The molecule has 1 fully saturated rings. The molecule has 2 aromatic carbocycles. The number of hydrogen-bond acceptors (Lipinski definition) is 5. The maximum atomic E-state index is 13.2. The molecular formula is C22H26FNO5. The number of halogens is 1. The second kappa shape index (κ2) is 8.29. The van der Waals surface area contributed by atoms with Gasteiger partial charge in [0.05, 0.1) is 20.3 Å². The molecule has 6 nitrogen and oxygen atoms in total. The lowest BCUT2D eigenvalue weighted by molar-refractivity contribution is 0.0470.